The molecule has 0 atom stereocenters. The monoisotopic (exact) mass is 174 g/mol. The van der Waals surface area contributed by atoms with Gasteiger partial charge in [-0.25, -0.2) is 0 Å². The van der Waals surface area contributed by atoms with Crippen LogP contribution in [0.4, 0.5) is 0 Å². The van der Waals surface area contributed by atoms with E-state index >= 15 is 0 Å². The lowest BCUT2D eigenvalue weighted by Crippen LogP contribution is -2.10. The number of ether oxygens (including phenoxy) is 1. The lowest BCUT2D eigenvalue weighted by Gasteiger charge is -2.11. The third-order valence-electron chi connectivity index (χ3n) is 1.97. The molecule has 0 heterocycles. The molecule has 3 heteroatoms. The van der Waals surface area contributed by atoms with Gasteiger partial charge in [0.15, 0.2) is 0 Å². The first-order valence-electron chi connectivity index (χ1n) is 4.50. The summed E-state index contributed by atoms with van der Waals surface area (Å²) in [5, 5.41) is 8.31. The van der Waals surface area contributed by atoms with E-state index < -0.39 is 5.97 Å². The van der Waals surface area contributed by atoms with E-state index in [-0.39, 0.29) is 6.42 Å². The van der Waals surface area contributed by atoms with Crippen LogP contribution in [-0.2, 0) is 9.53 Å². The molecule has 0 aromatic heterocycles. The number of hydrogen-bond acceptors (Lipinski definition) is 2. The Morgan fingerprint density at radius 3 is 2.42 bits per heavy atom. The summed E-state index contributed by atoms with van der Waals surface area (Å²) in [6, 6.07) is 0. The van der Waals surface area contributed by atoms with E-state index in [0.717, 1.165) is 12.8 Å². The maximum atomic E-state index is 10.1. The molecule has 1 N–H and O–H groups in total. The molecule has 0 aliphatic heterocycles. The average molecular weight is 174 g/mol. The molecule has 0 fully saturated rings. The fourth-order valence-electron chi connectivity index (χ4n) is 0.934. The van der Waals surface area contributed by atoms with Crippen LogP contribution in [-0.4, -0.2) is 24.3 Å². The zero-order valence-corrected chi connectivity index (χ0v) is 7.88. The van der Waals surface area contributed by atoms with Crippen LogP contribution in [0.2, 0.25) is 0 Å². The highest BCUT2D eigenvalue weighted by molar-refractivity contribution is 5.66. The van der Waals surface area contributed by atoms with Crippen LogP contribution >= 0.6 is 0 Å². The second kappa shape index (κ2) is 7.10. The summed E-state index contributed by atoms with van der Waals surface area (Å²) in [4.78, 5) is 10.1. The topological polar surface area (TPSA) is 46.5 Å². The molecule has 0 saturated carbocycles. The third kappa shape index (κ3) is 6.16. The highest BCUT2D eigenvalue weighted by Crippen LogP contribution is 2.07. The van der Waals surface area contributed by atoms with Crippen molar-refractivity contribution in [2.24, 2.45) is 5.92 Å². The zero-order valence-electron chi connectivity index (χ0n) is 7.88. The maximum absolute atomic E-state index is 10.1. The van der Waals surface area contributed by atoms with Gasteiger partial charge >= 0.3 is 5.97 Å². The summed E-state index contributed by atoms with van der Waals surface area (Å²) in [5.74, 6) is -0.210. The van der Waals surface area contributed by atoms with Gasteiger partial charge in [-0.05, 0) is 5.92 Å². The van der Waals surface area contributed by atoms with Crippen LogP contribution in [0.15, 0.2) is 0 Å². The van der Waals surface area contributed by atoms with E-state index in [1.54, 1.807) is 0 Å². The molecule has 72 valence electrons. The summed E-state index contributed by atoms with van der Waals surface area (Å²) >= 11 is 0. The van der Waals surface area contributed by atoms with Crippen molar-refractivity contribution in [1.29, 1.82) is 0 Å². The first kappa shape index (κ1) is 11.4. The van der Waals surface area contributed by atoms with Crippen molar-refractivity contribution in [3.8, 4) is 0 Å². The predicted octanol–water partition coefficient (Wildman–Crippen LogP) is 1.91. The molecule has 0 aromatic carbocycles. The van der Waals surface area contributed by atoms with Crippen molar-refractivity contribution in [2.75, 3.05) is 13.2 Å². The van der Waals surface area contributed by atoms with Crippen LogP contribution in [0.5, 0.6) is 0 Å². The smallest absolute Gasteiger partial charge is 0.305 e. The van der Waals surface area contributed by atoms with Crippen LogP contribution in [0, 0.1) is 5.92 Å². The summed E-state index contributed by atoms with van der Waals surface area (Å²) in [7, 11) is 0. The van der Waals surface area contributed by atoms with Gasteiger partial charge in [0.1, 0.15) is 0 Å². The van der Waals surface area contributed by atoms with Gasteiger partial charge in [0.25, 0.3) is 0 Å². The summed E-state index contributed by atoms with van der Waals surface area (Å²) in [6.45, 7) is 5.27. The molecule has 3 nitrogen and oxygen atoms in total. The quantitative estimate of drug-likeness (QED) is 0.600. The minimum absolute atomic E-state index is 0.111. The Balaban J connectivity index is 3.23. The second-order valence-corrected chi connectivity index (χ2v) is 2.90. The fourth-order valence-corrected chi connectivity index (χ4v) is 0.934. The Morgan fingerprint density at radius 1 is 1.42 bits per heavy atom. The summed E-state index contributed by atoms with van der Waals surface area (Å²) < 4.78 is 5.21. The standard InChI is InChI=1S/C9H18O3/c1-3-8(4-2)7-12-6-5-9(10)11/h8H,3-7H2,1-2H3,(H,10,11). The van der Waals surface area contributed by atoms with Crippen molar-refractivity contribution in [1.82, 2.24) is 0 Å². The summed E-state index contributed by atoms with van der Waals surface area (Å²) in [5.41, 5.74) is 0. The van der Waals surface area contributed by atoms with Crippen LogP contribution < -0.4 is 0 Å². The van der Waals surface area contributed by atoms with Gasteiger partial charge in [-0.3, -0.25) is 4.79 Å². The molecule has 12 heavy (non-hydrogen) atoms. The molecule has 0 saturated heterocycles. The molecule has 0 aliphatic carbocycles. The number of hydrogen-bond donors (Lipinski definition) is 1. The molecule has 0 bridgehead atoms. The second-order valence-electron chi connectivity index (χ2n) is 2.90. The van der Waals surface area contributed by atoms with Crippen molar-refractivity contribution < 1.29 is 14.6 Å². The average Bonchev–Trinajstić information content (AvgIpc) is 2.04. The first-order valence-corrected chi connectivity index (χ1v) is 4.50. The van der Waals surface area contributed by atoms with Gasteiger partial charge in [0.2, 0.25) is 0 Å². The first-order chi connectivity index (χ1) is 5.70. The van der Waals surface area contributed by atoms with E-state index in [9.17, 15) is 4.79 Å². The normalized spacial score (nSPS) is 10.6. The highest BCUT2D eigenvalue weighted by atomic mass is 16.5. The minimum Gasteiger partial charge on any atom is -0.481 e. The zero-order chi connectivity index (χ0) is 9.40. The Bertz CT molecular complexity index is 119. The van der Waals surface area contributed by atoms with Crippen molar-refractivity contribution >= 4 is 5.97 Å². The minimum atomic E-state index is -0.792. The van der Waals surface area contributed by atoms with Crippen molar-refractivity contribution in [2.45, 2.75) is 33.1 Å². The Kier molecular flexibility index (Phi) is 6.76. The maximum Gasteiger partial charge on any atom is 0.305 e. The van der Waals surface area contributed by atoms with Crippen LogP contribution in [0.1, 0.15) is 33.1 Å². The number of aliphatic carboxylic acids is 1. The van der Waals surface area contributed by atoms with Crippen LogP contribution in [0.25, 0.3) is 0 Å². The van der Waals surface area contributed by atoms with Gasteiger partial charge in [-0.2, -0.15) is 0 Å². The van der Waals surface area contributed by atoms with E-state index in [1.165, 1.54) is 0 Å². The predicted molar refractivity (Wildman–Crippen MR) is 47.1 cm³/mol. The molecular formula is C9H18O3. The molecule has 0 rings (SSSR count). The van der Waals surface area contributed by atoms with Crippen LogP contribution in [0.3, 0.4) is 0 Å². The largest absolute Gasteiger partial charge is 0.481 e. The molecule has 0 aliphatic rings. The number of carboxylic acid groups (broad SMARTS) is 1. The number of rotatable bonds is 7. The van der Waals surface area contributed by atoms with Gasteiger partial charge < -0.3 is 9.84 Å². The molecule has 0 aromatic rings. The van der Waals surface area contributed by atoms with Gasteiger partial charge in [0.05, 0.1) is 13.0 Å². The molecular weight excluding hydrogens is 156 g/mol. The Morgan fingerprint density at radius 2 is 2.00 bits per heavy atom. The van der Waals surface area contributed by atoms with E-state index in [0.29, 0.717) is 19.1 Å². The van der Waals surface area contributed by atoms with E-state index in [1.807, 2.05) is 0 Å². The Hall–Kier alpha value is -0.570. The number of carboxylic acids is 1. The molecule has 0 unspecified atom stereocenters. The molecule has 0 amide bonds. The Labute approximate surface area is 73.7 Å². The highest BCUT2D eigenvalue weighted by Gasteiger charge is 2.03. The summed E-state index contributed by atoms with van der Waals surface area (Å²) in [6.07, 6.45) is 2.31. The van der Waals surface area contributed by atoms with Gasteiger partial charge in [-0.15, -0.1) is 0 Å². The van der Waals surface area contributed by atoms with Crippen molar-refractivity contribution in [3.05, 3.63) is 0 Å². The fraction of sp³-hybridized carbons (Fsp3) is 0.889. The lowest BCUT2D eigenvalue weighted by molar-refractivity contribution is -0.138. The molecule has 0 radical (unpaired) electrons. The lowest BCUT2D eigenvalue weighted by atomic mass is 10.1. The van der Waals surface area contributed by atoms with E-state index in [2.05, 4.69) is 13.8 Å². The van der Waals surface area contributed by atoms with Gasteiger partial charge in [0, 0.05) is 6.61 Å². The SMILES string of the molecule is CCC(CC)COCCC(=O)O. The number of carbonyl (C=O) groups is 1. The van der Waals surface area contributed by atoms with Gasteiger partial charge in [-0.1, -0.05) is 26.7 Å². The third-order valence-corrected chi connectivity index (χ3v) is 1.97. The van der Waals surface area contributed by atoms with E-state index in [4.69, 9.17) is 9.84 Å². The van der Waals surface area contributed by atoms with Crippen molar-refractivity contribution in [3.63, 3.8) is 0 Å². The molecule has 0 spiro atoms.